The zero-order valence-electron chi connectivity index (χ0n) is 9.42. The van der Waals surface area contributed by atoms with Gasteiger partial charge in [-0.25, -0.2) is 9.97 Å². The molecule has 0 bridgehead atoms. The largest absolute Gasteiger partial charge is 0.469 e. The second-order valence-corrected chi connectivity index (χ2v) is 4.45. The minimum Gasteiger partial charge on any atom is -0.469 e. The van der Waals surface area contributed by atoms with Crippen LogP contribution in [0, 0.1) is 0 Å². The van der Waals surface area contributed by atoms with Crippen molar-refractivity contribution in [1.29, 1.82) is 0 Å². The van der Waals surface area contributed by atoms with Gasteiger partial charge in [0, 0.05) is 11.1 Å². The Morgan fingerprint density at radius 2 is 2.18 bits per heavy atom. The van der Waals surface area contributed by atoms with E-state index in [1.165, 1.54) is 7.11 Å². The molecule has 1 aromatic heterocycles. The molecule has 0 N–H and O–H groups in total. The van der Waals surface area contributed by atoms with Crippen LogP contribution >= 0.6 is 11.8 Å². The Labute approximate surface area is 103 Å². The number of para-hydroxylation sites is 1. The number of ether oxygens (including phenoxy) is 1. The van der Waals surface area contributed by atoms with Crippen molar-refractivity contribution in [3.05, 3.63) is 30.6 Å². The summed E-state index contributed by atoms with van der Waals surface area (Å²) in [7, 11) is 1.40. The SMILES string of the molecule is COC(=O)CCSc1ncnc2ccccc12. The summed E-state index contributed by atoms with van der Waals surface area (Å²) >= 11 is 1.54. The number of carbonyl (C=O) groups excluding carboxylic acids is 1. The topological polar surface area (TPSA) is 52.1 Å². The third kappa shape index (κ3) is 2.94. The molecule has 0 saturated carbocycles. The zero-order valence-corrected chi connectivity index (χ0v) is 10.2. The Morgan fingerprint density at radius 3 is 3.00 bits per heavy atom. The first-order valence-electron chi connectivity index (χ1n) is 5.20. The van der Waals surface area contributed by atoms with Gasteiger partial charge >= 0.3 is 5.97 Å². The van der Waals surface area contributed by atoms with Crippen LogP contribution < -0.4 is 0 Å². The number of hydrogen-bond donors (Lipinski definition) is 0. The summed E-state index contributed by atoms with van der Waals surface area (Å²) in [6, 6.07) is 7.82. The van der Waals surface area contributed by atoms with E-state index in [0.717, 1.165) is 15.9 Å². The lowest BCUT2D eigenvalue weighted by atomic mass is 10.2. The average Bonchev–Trinajstić information content (AvgIpc) is 2.39. The van der Waals surface area contributed by atoms with Crippen molar-refractivity contribution in [3.8, 4) is 0 Å². The van der Waals surface area contributed by atoms with Crippen molar-refractivity contribution in [2.24, 2.45) is 0 Å². The van der Waals surface area contributed by atoms with Crippen LogP contribution in [0.1, 0.15) is 6.42 Å². The predicted octanol–water partition coefficient (Wildman–Crippen LogP) is 2.29. The highest BCUT2D eigenvalue weighted by atomic mass is 32.2. The Kier molecular flexibility index (Phi) is 3.93. The predicted molar refractivity (Wildman–Crippen MR) is 66.9 cm³/mol. The lowest BCUT2D eigenvalue weighted by Gasteiger charge is -2.03. The summed E-state index contributed by atoms with van der Waals surface area (Å²) in [4.78, 5) is 19.4. The second kappa shape index (κ2) is 5.63. The molecule has 0 fully saturated rings. The monoisotopic (exact) mass is 248 g/mol. The molecule has 0 aliphatic carbocycles. The van der Waals surface area contributed by atoms with Crippen molar-refractivity contribution < 1.29 is 9.53 Å². The molecule has 5 heteroatoms. The average molecular weight is 248 g/mol. The number of aromatic nitrogens is 2. The van der Waals surface area contributed by atoms with Gasteiger partial charge in [-0.1, -0.05) is 18.2 Å². The van der Waals surface area contributed by atoms with Crippen LogP contribution in [0.2, 0.25) is 0 Å². The highest BCUT2D eigenvalue weighted by molar-refractivity contribution is 7.99. The minimum absolute atomic E-state index is 0.198. The number of rotatable bonds is 4. The van der Waals surface area contributed by atoms with Gasteiger partial charge in [0.2, 0.25) is 0 Å². The smallest absolute Gasteiger partial charge is 0.306 e. The molecule has 0 amide bonds. The Hall–Kier alpha value is -1.62. The molecule has 0 spiro atoms. The standard InChI is InChI=1S/C12H12N2O2S/c1-16-11(15)6-7-17-12-9-4-2-3-5-10(9)13-8-14-12/h2-5,8H,6-7H2,1H3. The van der Waals surface area contributed by atoms with E-state index in [4.69, 9.17) is 0 Å². The summed E-state index contributed by atoms with van der Waals surface area (Å²) in [6.07, 6.45) is 1.93. The molecule has 0 saturated heterocycles. The van der Waals surface area contributed by atoms with Crippen molar-refractivity contribution in [2.75, 3.05) is 12.9 Å². The molecule has 0 aliphatic rings. The van der Waals surface area contributed by atoms with Gasteiger partial charge in [-0.15, -0.1) is 11.8 Å². The number of hydrogen-bond acceptors (Lipinski definition) is 5. The van der Waals surface area contributed by atoms with E-state index >= 15 is 0 Å². The summed E-state index contributed by atoms with van der Waals surface area (Å²) in [5.74, 6) is 0.462. The first-order valence-corrected chi connectivity index (χ1v) is 6.19. The Bertz CT molecular complexity index is 525. The van der Waals surface area contributed by atoms with Crippen LogP contribution in [0.5, 0.6) is 0 Å². The maximum Gasteiger partial charge on any atom is 0.306 e. The minimum atomic E-state index is -0.198. The molecular formula is C12H12N2O2S. The molecule has 0 aliphatic heterocycles. The molecule has 88 valence electrons. The highest BCUT2D eigenvalue weighted by Crippen LogP contribution is 2.24. The molecule has 1 aromatic carbocycles. The molecule has 17 heavy (non-hydrogen) atoms. The van der Waals surface area contributed by atoms with Crippen LogP contribution in [-0.2, 0) is 9.53 Å². The molecule has 2 rings (SSSR count). The normalized spacial score (nSPS) is 10.4. The van der Waals surface area contributed by atoms with Crippen LogP contribution in [-0.4, -0.2) is 28.8 Å². The van der Waals surface area contributed by atoms with E-state index in [-0.39, 0.29) is 5.97 Å². The quantitative estimate of drug-likeness (QED) is 0.472. The highest BCUT2D eigenvalue weighted by Gasteiger charge is 2.05. The summed E-state index contributed by atoms with van der Waals surface area (Å²) in [6.45, 7) is 0. The van der Waals surface area contributed by atoms with E-state index < -0.39 is 0 Å². The van der Waals surface area contributed by atoms with Crippen LogP contribution in [0.15, 0.2) is 35.6 Å². The number of carbonyl (C=O) groups is 1. The molecule has 0 radical (unpaired) electrons. The lowest BCUT2D eigenvalue weighted by molar-refractivity contribution is -0.140. The van der Waals surface area contributed by atoms with Crippen LogP contribution in [0.25, 0.3) is 10.9 Å². The number of thioether (sulfide) groups is 1. The first-order chi connectivity index (χ1) is 8.31. The molecule has 1 heterocycles. The first kappa shape index (κ1) is 11.9. The fraction of sp³-hybridized carbons (Fsp3) is 0.250. The van der Waals surface area contributed by atoms with Gasteiger partial charge in [0.15, 0.2) is 0 Å². The van der Waals surface area contributed by atoms with E-state index in [1.54, 1.807) is 18.1 Å². The fourth-order valence-electron chi connectivity index (χ4n) is 1.43. The van der Waals surface area contributed by atoms with Gasteiger partial charge in [-0.2, -0.15) is 0 Å². The third-order valence-electron chi connectivity index (χ3n) is 2.28. The van der Waals surface area contributed by atoms with Gasteiger partial charge in [0.25, 0.3) is 0 Å². The Morgan fingerprint density at radius 1 is 1.35 bits per heavy atom. The van der Waals surface area contributed by atoms with Gasteiger partial charge in [0.1, 0.15) is 11.4 Å². The zero-order chi connectivity index (χ0) is 12.1. The number of fused-ring (bicyclic) bond motifs is 1. The van der Waals surface area contributed by atoms with Gasteiger partial charge in [0.05, 0.1) is 19.0 Å². The van der Waals surface area contributed by atoms with Gasteiger partial charge in [-0.3, -0.25) is 4.79 Å². The third-order valence-corrected chi connectivity index (χ3v) is 3.29. The number of esters is 1. The molecular weight excluding hydrogens is 236 g/mol. The van der Waals surface area contributed by atoms with Crippen molar-refractivity contribution in [1.82, 2.24) is 9.97 Å². The van der Waals surface area contributed by atoms with E-state index in [1.807, 2.05) is 24.3 Å². The van der Waals surface area contributed by atoms with E-state index in [0.29, 0.717) is 12.2 Å². The van der Waals surface area contributed by atoms with E-state index in [9.17, 15) is 4.79 Å². The van der Waals surface area contributed by atoms with Crippen molar-refractivity contribution in [3.63, 3.8) is 0 Å². The van der Waals surface area contributed by atoms with Gasteiger partial charge in [-0.05, 0) is 6.07 Å². The number of nitrogens with zero attached hydrogens (tertiary/aromatic N) is 2. The second-order valence-electron chi connectivity index (χ2n) is 3.37. The maximum absolute atomic E-state index is 11.0. The van der Waals surface area contributed by atoms with Gasteiger partial charge < -0.3 is 4.74 Å². The Balaban J connectivity index is 2.11. The van der Waals surface area contributed by atoms with Crippen molar-refractivity contribution >= 4 is 28.6 Å². The molecule has 4 nitrogen and oxygen atoms in total. The summed E-state index contributed by atoms with van der Waals surface area (Å²) in [5.41, 5.74) is 0.920. The van der Waals surface area contributed by atoms with Crippen LogP contribution in [0.3, 0.4) is 0 Å². The fourth-order valence-corrected chi connectivity index (χ4v) is 2.34. The molecule has 0 unspecified atom stereocenters. The summed E-state index contributed by atoms with van der Waals surface area (Å²) < 4.78 is 4.59. The number of benzene rings is 1. The van der Waals surface area contributed by atoms with Crippen molar-refractivity contribution in [2.45, 2.75) is 11.4 Å². The van der Waals surface area contributed by atoms with E-state index in [2.05, 4.69) is 14.7 Å². The molecule has 0 atom stereocenters. The molecule has 2 aromatic rings. The lowest BCUT2D eigenvalue weighted by Crippen LogP contribution is -2.01. The number of methoxy groups -OCH3 is 1. The van der Waals surface area contributed by atoms with Crippen LogP contribution in [0.4, 0.5) is 0 Å². The maximum atomic E-state index is 11.0. The summed E-state index contributed by atoms with van der Waals surface area (Å²) in [5, 5.41) is 1.92.